The van der Waals surface area contributed by atoms with Crippen LogP contribution in [0.15, 0.2) is 48.5 Å². The molecular weight excluding hydrogens is 359 g/mol. The number of amides is 2. The molecule has 1 fully saturated rings. The molecule has 28 heavy (non-hydrogen) atoms. The second kappa shape index (κ2) is 9.32. The van der Waals surface area contributed by atoms with Crippen molar-refractivity contribution in [3.05, 3.63) is 54.3 Å². The molecule has 2 amide bonds. The maximum atomic E-state index is 13.0. The van der Waals surface area contributed by atoms with Crippen molar-refractivity contribution in [2.75, 3.05) is 48.3 Å². The highest BCUT2D eigenvalue weighted by Gasteiger charge is 2.17. The normalized spacial score (nSPS) is 14.6. The molecule has 1 saturated heterocycles. The van der Waals surface area contributed by atoms with Crippen LogP contribution in [0.5, 0.6) is 0 Å². The van der Waals surface area contributed by atoms with Gasteiger partial charge in [-0.15, -0.1) is 0 Å². The Bertz CT molecular complexity index is 800. The highest BCUT2D eigenvalue weighted by atomic mass is 19.1. The predicted molar refractivity (Wildman–Crippen MR) is 109 cm³/mol. The van der Waals surface area contributed by atoms with E-state index in [1.54, 1.807) is 36.4 Å². The predicted octanol–water partition coefficient (Wildman–Crippen LogP) is 2.93. The molecule has 2 N–H and O–H groups in total. The SMILES string of the molecule is CC(=O)Nc1ccc(NC(=O)CCN2CCN(c3ccc(F)cc3)CC2)cc1. The monoisotopic (exact) mass is 384 g/mol. The Morgan fingerprint density at radius 2 is 1.46 bits per heavy atom. The number of benzene rings is 2. The third kappa shape index (κ3) is 5.79. The third-order valence-electron chi connectivity index (χ3n) is 4.71. The van der Waals surface area contributed by atoms with Gasteiger partial charge in [-0.05, 0) is 48.5 Å². The van der Waals surface area contributed by atoms with Crippen LogP contribution in [0.3, 0.4) is 0 Å². The lowest BCUT2D eigenvalue weighted by molar-refractivity contribution is -0.116. The summed E-state index contributed by atoms with van der Waals surface area (Å²) >= 11 is 0. The van der Waals surface area contributed by atoms with Gasteiger partial charge in [0, 0.05) is 63.1 Å². The summed E-state index contributed by atoms with van der Waals surface area (Å²) in [5.74, 6) is -0.386. The van der Waals surface area contributed by atoms with Gasteiger partial charge in [-0.25, -0.2) is 4.39 Å². The first-order chi connectivity index (χ1) is 13.5. The molecule has 1 aliphatic heterocycles. The van der Waals surface area contributed by atoms with E-state index in [9.17, 15) is 14.0 Å². The summed E-state index contributed by atoms with van der Waals surface area (Å²) in [6.07, 6.45) is 0.421. The number of rotatable bonds is 6. The van der Waals surface area contributed by atoms with Crippen LogP contribution in [0.2, 0.25) is 0 Å². The zero-order valence-electron chi connectivity index (χ0n) is 16.0. The van der Waals surface area contributed by atoms with Crippen LogP contribution in [0.1, 0.15) is 13.3 Å². The Balaban J connectivity index is 1.39. The van der Waals surface area contributed by atoms with Crippen LogP contribution >= 0.6 is 0 Å². The number of carbonyl (C=O) groups is 2. The number of nitrogens with zero attached hydrogens (tertiary/aromatic N) is 2. The van der Waals surface area contributed by atoms with Gasteiger partial charge >= 0.3 is 0 Å². The standard InChI is InChI=1S/C21H25FN4O2/c1-16(27)23-18-4-6-19(7-5-18)24-21(28)10-11-25-12-14-26(15-13-25)20-8-2-17(22)3-9-20/h2-9H,10-15H2,1H3,(H,23,27)(H,24,28). The Labute approximate surface area is 164 Å². The minimum Gasteiger partial charge on any atom is -0.369 e. The van der Waals surface area contributed by atoms with Gasteiger partial charge in [-0.3, -0.25) is 14.5 Å². The summed E-state index contributed by atoms with van der Waals surface area (Å²) < 4.78 is 13.0. The molecule has 0 saturated carbocycles. The minimum atomic E-state index is -0.224. The first-order valence-electron chi connectivity index (χ1n) is 9.40. The molecule has 0 atom stereocenters. The first kappa shape index (κ1) is 19.8. The number of piperazine rings is 1. The van der Waals surface area contributed by atoms with Gasteiger partial charge in [-0.2, -0.15) is 0 Å². The Morgan fingerprint density at radius 3 is 2.04 bits per heavy atom. The van der Waals surface area contributed by atoms with Gasteiger partial charge in [0.25, 0.3) is 0 Å². The smallest absolute Gasteiger partial charge is 0.225 e. The highest BCUT2D eigenvalue weighted by Crippen LogP contribution is 2.17. The fraction of sp³-hybridized carbons (Fsp3) is 0.333. The van der Waals surface area contributed by atoms with Crippen LogP contribution in [-0.2, 0) is 9.59 Å². The lowest BCUT2D eigenvalue weighted by atomic mass is 10.2. The van der Waals surface area contributed by atoms with Crippen LogP contribution in [0.4, 0.5) is 21.5 Å². The molecule has 0 bridgehead atoms. The van der Waals surface area contributed by atoms with Gasteiger partial charge in [-0.1, -0.05) is 0 Å². The Kier molecular flexibility index (Phi) is 6.60. The second-order valence-electron chi connectivity index (χ2n) is 6.86. The van der Waals surface area contributed by atoms with E-state index in [1.807, 2.05) is 0 Å². The molecule has 6 nitrogen and oxygen atoms in total. The van der Waals surface area contributed by atoms with E-state index in [1.165, 1.54) is 19.1 Å². The molecule has 2 aromatic rings. The first-order valence-corrected chi connectivity index (χ1v) is 9.40. The van der Waals surface area contributed by atoms with Gasteiger partial charge in [0.15, 0.2) is 0 Å². The Morgan fingerprint density at radius 1 is 0.893 bits per heavy atom. The van der Waals surface area contributed by atoms with Gasteiger partial charge < -0.3 is 15.5 Å². The fourth-order valence-electron chi connectivity index (χ4n) is 3.20. The van der Waals surface area contributed by atoms with Crippen molar-refractivity contribution >= 4 is 28.9 Å². The van der Waals surface area contributed by atoms with Crippen LogP contribution in [-0.4, -0.2) is 49.4 Å². The quantitative estimate of drug-likeness (QED) is 0.804. The molecule has 0 unspecified atom stereocenters. The maximum absolute atomic E-state index is 13.0. The van der Waals surface area contributed by atoms with Gasteiger partial charge in [0.2, 0.25) is 11.8 Å². The molecule has 0 radical (unpaired) electrons. The third-order valence-corrected chi connectivity index (χ3v) is 4.71. The number of anilines is 3. The van der Waals surface area contributed by atoms with Crippen LogP contribution in [0, 0.1) is 5.82 Å². The number of nitrogens with one attached hydrogen (secondary N) is 2. The minimum absolute atomic E-state index is 0.0340. The number of hydrogen-bond acceptors (Lipinski definition) is 4. The molecule has 0 aromatic heterocycles. The lowest BCUT2D eigenvalue weighted by Gasteiger charge is -2.36. The molecule has 0 spiro atoms. The molecule has 1 heterocycles. The zero-order chi connectivity index (χ0) is 19.9. The van der Waals surface area contributed by atoms with E-state index in [-0.39, 0.29) is 17.6 Å². The average molecular weight is 384 g/mol. The summed E-state index contributed by atoms with van der Waals surface area (Å²) in [4.78, 5) is 27.7. The molecule has 2 aromatic carbocycles. The van der Waals surface area contributed by atoms with Gasteiger partial charge in [0.05, 0.1) is 0 Å². The van der Waals surface area contributed by atoms with Crippen LogP contribution < -0.4 is 15.5 Å². The summed E-state index contributed by atoms with van der Waals surface area (Å²) in [5.41, 5.74) is 2.44. The molecule has 148 valence electrons. The van der Waals surface area contributed by atoms with E-state index in [4.69, 9.17) is 0 Å². The zero-order valence-corrected chi connectivity index (χ0v) is 16.0. The second-order valence-corrected chi connectivity index (χ2v) is 6.86. The van der Waals surface area contributed by atoms with Crippen LogP contribution in [0.25, 0.3) is 0 Å². The fourth-order valence-corrected chi connectivity index (χ4v) is 3.20. The number of halogens is 1. The molecule has 3 rings (SSSR count). The van der Waals surface area contributed by atoms with Gasteiger partial charge in [0.1, 0.15) is 5.82 Å². The van der Waals surface area contributed by atoms with Crippen molar-refractivity contribution in [3.8, 4) is 0 Å². The molecule has 0 aliphatic carbocycles. The largest absolute Gasteiger partial charge is 0.369 e. The van der Waals surface area contributed by atoms with Crippen molar-refractivity contribution < 1.29 is 14.0 Å². The summed E-state index contributed by atoms with van der Waals surface area (Å²) in [7, 11) is 0. The highest BCUT2D eigenvalue weighted by molar-refractivity contribution is 5.92. The maximum Gasteiger partial charge on any atom is 0.225 e. The molecular formula is C21H25FN4O2. The summed E-state index contributed by atoms with van der Waals surface area (Å²) in [6.45, 7) is 5.62. The molecule has 1 aliphatic rings. The lowest BCUT2D eigenvalue weighted by Crippen LogP contribution is -2.47. The van der Waals surface area contributed by atoms with E-state index >= 15 is 0 Å². The summed E-state index contributed by atoms with van der Waals surface area (Å²) in [6, 6.07) is 13.6. The van der Waals surface area contributed by atoms with E-state index < -0.39 is 0 Å². The van der Waals surface area contributed by atoms with Crippen molar-refractivity contribution in [2.45, 2.75) is 13.3 Å². The van der Waals surface area contributed by atoms with E-state index in [0.717, 1.165) is 31.9 Å². The topological polar surface area (TPSA) is 64.7 Å². The average Bonchev–Trinajstić information content (AvgIpc) is 2.69. The van der Waals surface area contributed by atoms with Crippen molar-refractivity contribution in [1.29, 1.82) is 0 Å². The molecule has 7 heteroatoms. The van der Waals surface area contributed by atoms with E-state index in [2.05, 4.69) is 20.4 Å². The van der Waals surface area contributed by atoms with Crippen molar-refractivity contribution in [3.63, 3.8) is 0 Å². The summed E-state index contributed by atoms with van der Waals surface area (Å²) in [5, 5.41) is 5.57. The number of carbonyl (C=O) groups excluding carboxylic acids is 2. The number of hydrogen-bond donors (Lipinski definition) is 2. The van der Waals surface area contributed by atoms with Crippen molar-refractivity contribution in [1.82, 2.24) is 4.90 Å². The van der Waals surface area contributed by atoms with Crippen molar-refractivity contribution in [2.24, 2.45) is 0 Å². The Hall–Kier alpha value is -2.93. The van der Waals surface area contributed by atoms with E-state index in [0.29, 0.717) is 24.3 Å².